The number of anilines is 3. The van der Waals surface area contributed by atoms with Crippen molar-refractivity contribution in [3.05, 3.63) is 41.6 Å². The molecule has 3 aliphatic rings. The van der Waals surface area contributed by atoms with Crippen molar-refractivity contribution in [3.8, 4) is 12.1 Å². The van der Waals surface area contributed by atoms with Crippen LogP contribution in [0.2, 0.25) is 0 Å². The number of hydrogen-bond donors (Lipinski definition) is 1. The van der Waals surface area contributed by atoms with Gasteiger partial charge in [0.25, 0.3) is 0 Å². The number of piperidine rings is 1. The van der Waals surface area contributed by atoms with E-state index in [1.807, 2.05) is 6.07 Å². The van der Waals surface area contributed by atoms with Crippen molar-refractivity contribution in [2.75, 3.05) is 36.5 Å². The molecule has 5 rings (SSSR count). The molecule has 7 nitrogen and oxygen atoms in total. The van der Waals surface area contributed by atoms with Gasteiger partial charge in [0.05, 0.1) is 23.1 Å². The summed E-state index contributed by atoms with van der Waals surface area (Å²) in [6.07, 6.45) is 4.29. The lowest BCUT2D eigenvalue weighted by molar-refractivity contribution is 0.0675. The number of nitrogens with zero attached hydrogens (tertiary/aromatic N) is 5. The molecular formula is C22H22N6O. The fourth-order valence-electron chi connectivity index (χ4n) is 4.49. The van der Waals surface area contributed by atoms with Crippen LogP contribution >= 0.6 is 0 Å². The van der Waals surface area contributed by atoms with Crippen molar-refractivity contribution >= 4 is 17.5 Å². The quantitative estimate of drug-likeness (QED) is 0.862. The fourth-order valence-corrected chi connectivity index (χ4v) is 4.49. The average Bonchev–Trinajstić information content (AvgIpc) is 3.39. The van der Waals surface area contributed by atoms with Crippen LogP contribution in [0.15, 0.2) is 30.5 Å². The van der Waals surface area contributed by atoms with E-state index < -0.39 is 5.41 Å². The molecule has 2 aromatic rings. The van der Waals surface area contributed by atoms with Gasteiger partial charge in [-0.1, -0.05) is 0 Å². The number of pyridine rings is 2. The molecule has 0 amide bonds. The van der Waals surface area contributed by atoms with Crippen LogP contribution in [0.3, 0.4) is 0 Å². The second-order valence-corrected chi connectivity index (χ2v) is 8.23. The maximum Gasteiger partial charge on any atom is 0.134 e. The minimum Gasteiger partial charge on any atom is -0.381 e. The Morgan fingerprint density at radius 3 is 2.62 bits per heavy atom. The summed E-state index contributed by atoms with van der Waals surface area (Å²) in [6.45, 7) is 3.25. The SMILES string of the molecule is N#Cc1ccnc(Nc2cc(C3(C#N)CCOCC3)cc(N3CC4CC4C3)n2)c1. The normalized spacial score (nSPS) is 24.3. The van der Waals surface area contributed by atoms with Crippen LogP contribution in [0.1, 0.15) is 30.4 Å². The van der Waals surface area contributed by atoms with Crippen molar-refractivity contribution in [3.63, 3.8) is 0 Å². The zero-order chi connectivity index (χ0) is 19.8. The van der Waals surface area contributed by atoms with Gasteiger partial charge in [0, 0.05) is 32.5 Å². The maximum absolute atomic E-state index is 10.0. The molecule has 1 aliphatic carbocycles. The molecule has 0 bridgehead atoms. The second kappa shape index (κ2) is 7.02. The van der Waals surface area contributed by atoms with Crippen LogP contribution in [0.5, 0.6) is 0 Å². The van der Waals surface area contributed by atoms with Gasteiger partial charge >= 0.3 is 0 Å². The number of ether oxygens (including phenoxy) is 1. The topological polar surface area (TPSA) is 97.9 Å². The van der Waals surface area contributed by atoms with E-state index in [0.29, 0.717) is 43.3 Å². The lowest BCUT2D eigenvalue weighted by atomic mass is 9.75. The van der Waals surface area contributed by atoms with Crippen LogP contribution < -0.4 is 10.2 Å². The smallest absolute Gasteiger partial charge is 0.134 e. The Balaban J connectivity index is 1.52. The molecule has 2 aliphatic heterocycles. The van der Waals surface area contributed by atoms with Crippen molar-refractivity contribution in [2.45, 2.75) is 24.7 Å². The van der Waals surface area contributed by atoms with Gasteiger partial charge in [0.15, 0.2) is 0 Å². The van der Waals surface area contributed by atoms with Crippen LogP contribution in [-0.2, 0) is 10.2 Å². The molecule has 3 fully saturated rings. The van der Waals surface area contributed by atoms with Gasteiger partial charge in [-0.2, -0.15) is 10.5 Å². The Labute approximate surface area is 169 Å². The highest BCUT2D eigenvalue weighted by atomic mass is 16.5. The van der Waals surface area contributed by atoms with E-state index in [4.69, 9.17) is 15.0 Å². The number of nitriles is 2. The predicted molar refractivity (Wildman–Crippen MR) is 108 cm³/mol. The Hall–Kier alpha value is -3.16. The Bertz CT molecular complexity index is 1010. The Morgan fingerprint density at radius 1 is 1.10 bits per heavy atom. The van der Waals surface area contributed by atoms with E-state index >= 15 is 0 Å². The van der Waals surface area contributed by atoms with Gasteiger partial charge in [0.2, 0.25) is 0 Å². The summed E-state index contributed by atoms with van der Waals surface area (Å²) < 4.78 is 5.52. The molecule has 1 N–H and O–H groups in total. The molecular weight excluding hydrogens is 364 g/mol. The zero-order valence-corrected chi connectivity index (χ0v) is 16.1. The van der Waals surface area contributed by atoms with E-state index in [-0.39, 0.29) is 0 Å². The molecule has 29 heavy (non-hydrogen) atoms. The first-order valence-electron chi connectivity index (χ1n) is 10.1. The van der Waals surface area contributed by atoms with E-state index in [0.717, 1.165) is 36.3 Å². The maximum atomic E-state index is 10.0. The summed E-state index contributed by atoms with van der Waals surface area (Å²) in [6, 6.07) is 12.1. The minimum absolute atomic E-state index is 0.538. The molecule has 7 heteroatoms. The number of nitrogens with one attached hydrogen (secondary N) is 1. The van der Waals surface area contributed by atoms with E-state index in [1.54, 1.807) is 18.3 Å². The third-order valence-corrected chi connectivity index (χ3v) is 6.37. The number of fused-ring (bicyclic) bond motifs is 1. The molecule has 2 unspecified atom stereocenters. The summed E-state index contributed by atoms with van der Waals surface area (Å²) in [7, 11) is 0. The van der Waals surface area contributed by atoms with Crippen LogP contribution in [0, 0.1) is 34.5 Å². The average molecular weight is 386 g/mol. The molecule has 2 aromatic heterocycles. The highest BCUT2D eigenvalue weighted by Gasteiger charge is 2.46. The summed E-state index contributed by atoms with van der Waals surface area (Å²) >= 11 is 0. The first kappa shape index (κ1) is 17.9. The van der Waals surface area contributed by atoms with Gasteiger partial charge in [0.1, 0.15) is 17.5 Å². The molecule has 1 saturated carbocycles. The van der Waals surface area contributed by atoms with Crippen LogP contribution in [0.25, 0.3) is 0 Å². The largest absolute Gasteiger partial charge is 0.381 e. The van der Waals surface area contributed by atoms with Crippen LogP contribution in [0.4, 0.5) is 17.5 Å². The number of aromatic nitrogens is 2. The Kier molecular flexibility index (Phi) is 4.34. The van der Waals surface area contributed by atoms with E-state index in [2.05, 4.69) is 33.4 Å². The standard InChI is InChI=1S/C22H22N6O/c23-11-15-1-4-25-19(7-15)26-20-9-18(22(14-24)2-5-29-6-3-22)10-21(27-20)28-12-16-8-17(16)13-28/h1,4,7,9-10,16-17H,2-3,5-6,8,12-13H2,(H,25,26,27). The van der Waals surface area contributed by atoms with E-state index in [1.165, 1.54) is 6.42 Å². The highest BCUT2D eigenvalue weighted by Crippen LogP contribution is 2.47. The van der Waals surface area contributed by atoms with Gasteiger partial charge in [-0.15, -0.1) is 0 Å². The Morgan fingerprint density at radius 2 is 1.90 bits per heavy atom. The molecule has 0 aromatic carbocycles. The monoisotopic (exact) mass is 386 g/mol. The first-order chi connectivity index (χ1) is 14.2. The highest BCUT2D eigenvalue weighted by molar-refractivity contribution is 5.60. The summed E-state index contributed by atoms with van der Waals surface area (Å²) in [5, 5.41) is 22.4. The second-order valence-electron chi connectivity index (χ2n) is 8.23. The fraction of sp³-hybridized carbons (Fsp3) is 0.455. The minimum atomic E-state index is -0.559. The lowest BCUT2D eigenvalue weighted by Crippen LogP contribution is -2.33. The lowest BCUT2D eigenvalue weighted by Gasteiger charge is -2.32. The zero-order valence-electron chi connectivity index (χ0n) is 16.1. The molecule has 0 radical (unpaired) electrons. The van der Waals surface area contributed by atoms with Crippen molar-refractivity contribution in [1.82, 2.24) is 9.97 Å². The van der Waals surface area contributed by atoms with Gasteiger partial charge in [-0.05, 0) is 60.9 Å². The third kappa shape index (κ3) is 3.39. The first-order valence-corrected chi connectivity index (χ1v) is 10.1. The molecule has 2 atom stereocenters. The van der Waals surface area contributed by atoms with Gasteiger partial charge in [-0.3, -0.25) is 0 Å². The summed E-state index contributed by atoms with van der Waals surface area (Å²) in [4.78, 5) is 11.5. The predicted octanol–water partition coefficient (Wildman–Crippen LogP) is 3.12. The molecule has 0 spiro atoms. The molecule has 2 saturated heterocycles. The van der Waals surface area contributed by atoms with E-state index in [9.17, 15) is 5.26 Å². The number of hydrogen-bond acceptors (Lipinski definition) is 7. The third-order valence-electron chi connectivity index (χ3n) is 6.37. The molecule has 146 valence electrons. The van der Waals surface area contributed by atoms with Crippen molar-refractivity contribution in [1.29, 1.82) is 10.5 Å². The molecule has 4 heterocycles. The van der Waals surface area contributed by atoms with Crippen LogP contribution in [-0.4, -0.2) is 36.3 Å². The summed E-state index contributed by atoms with van der Waals surface area (Å²) in [5.41, 5.74) is 0.959. The summed E-state index contributed by atoms with van der Waals surface area (Å²) in [5.74, 6) is 3.72. The number of rotatable bonds is 4. The van der Waals surface area contributed by atoms with Crippen molar-refractivity contribution in [2.24, 2.45) is 11.8 Å². The van der Waals surface area contributed by atoms with Gasteiger partial charge < -0.3 is 15.0 Å². The van der Waals surface area contributed by atoms with Crippen molar-refractivity contribution < 1.29 is 4.74 Å². The van der Waals surface area contributed by atoms with Gasteiger partial charge in [-0.25, -0.2) is 9.97 Å².